The van der Waals surface area contributed by atoms with Crippen LogP contribution in [0.25, 0.3) is 106 Å². The van der Waals surface area contributed by atoms with Gasteiger partial charge < -0.3 is 8.98 Å². The van der Waals surface area contributed by atoms with Gasteiger partial charge in [0.25, 0.3) is 0 Å². The van der Waals surface area contributed by atoms with Gasteiger partial charge in [0.05, 0.1) is 11.0 Å². The predicted octanol–water partition coefficient (Wildman–Crippen LogP) is 13.2. The van der Waals surface area contributed by atoms with Gasteiger partial charge in [-0.2, -0.15) is 0 Å². The molecule has 0 amide bonds. The van der Waals surface area contributed by atoms with Crippen molar-refractivity contribution in [2.24, 2.45) is 0 Å². The van der Waals surface area contributed by atoms with Crippen LogP contribution >= 0.6 is 0 Å². The summed E-state index contributed by atoms with van der Waals surface area (Å²) in [6, 6.07) is 67.5. The van der Waals surface area contributed by atoms with Crippen molar-refractivity contribution in [3.8, 4) is 62.1 Å². The zero-order chi connectivity index (χ0) is 37.0. The zero-order valence-electron chi connectivity index (χ0n) is 30.2. The molecule has 0 saturated heterocycles. The number of para-hydroxylation sites is 1. The third-order valence-electron chi connectivity index (χ3n) is 10.6. The number of fused-ring (bicyclic) bond motifs is 7. The van der Waals surface area contributed by atoms with Crippen molar-refractivity contribution in [1.29, 1.82) is 0 Å². The molecule has 0 aliphatic carbocycles. The highest BCUT2D eigenvalue weighted by Gasteiger charge is 2.21. The summed E-state index contributed by atoms with van der Waals surface area (Å²) < 4.78 is 9.36. The first-order valence-electron chi connectivity index (χ1n) is 18.8. The van der Waals surface area contributed by atoms with Gasteiger partial charge in [0.15, 0.2) is 23.1 Å². The van der Waals surface area contributed by atoms with Crippen LogP contribution in [-0.4, -0.2) is 19.5 Å². The summed E-state index contributed by atoms with van der Waals surface area (Å²) in [4.78, 5) is 14.9. The summed E-state index contributed by atoms with van der Waals surface area (Å²) in [7, 11) is 0. The Hall–Kier alpha value is -7.63. The number of hydrogen-bond donors (Lipinski definition) is 0. The molecule has 11 aromatic rings. The first-order valence-corrected chi connectivity index (χ1v) is 18.8. The minimum atomic E-state index is 0.588. The maximum absolute atomic E-state index is 6.99. The molecule has 0 atom stereocenters. The summed E-state index contributed by atoms with van der Waals surface area (Å²) in [6.07, 6.45) is 0. The van der Waals surface area contributed by atoms with Crippen LogP contribution in [0.5, 0.6) is 0 Å². The van der Waals surface area contributed by atoms with E-state index < -0.39 is 0 Å². The molecular weight excluding hydrogens is 685 g/mol. The lowest BCUT2D eigenvalue weighted by Crippen LogP contribution is -2.00. The van der Waals surface area contributed by atoms with Crippen molar-refractivity contribution in [2.75, 3.05) is 0 Å². The van der Waals surface area contributed by atoms with E-state index in [1.165, 1.54) is 5.39 Å². The van der Waals surface area contributed by atoms with Crippen molar-refractivity contribution < 1.29 is 4.42 Å². The molecule has 56 heavy (non-hydrogen) atoms. The van der Waals surface area contributed by atoms with E-state index in [1.807, 2.05) is 60.7 Å². The molecule has 0 unspecified atom stereocenters. The summed E-state index contributed by atoms with van der Waals surface area (Å²) in [5.41, 5.74) is 12.2. The van der Waals surface area contributed by atoms with E-state index in [0.717, 1.165) is 83.0 Å². The lowest BCUT2D eigenvalue weighted by Gasteiger charge is -2.14. The molecule has 0 spiro atoms. The Morgan fingerprint density at radius 2 is 0.821 bits per heavy atom. The highest BCUT2D eigenvalue weighted by molar-refractivity contribution is 6.21. The lowest BCUT2D eigenvalue weighted by atomic mass is 9.98. The van der Waals surface area contributed by atoms with Crippen molar-refractivity contribution in [3.63, 3.8) is 0 Å². The van der Waals surface area contributed by atoms with Gasteiger partial charge in [0.2, 0.25) is 0 Å². The second kappa shape index (κ2) is 13.0. The fourth-order valence-corrected chi connectivity index (χ4v) is 7.96. The number of furan rings is 1. The zero-order valence-corrected chi connectivity index (χ0v) is 30.2. The Kier molecular flexibility index (Phi) is 7.42. The summed E-state index contributed by atoms with van der Waals surface area (Å²) in [5.74, 6) is 1.83. The Balaban J connectivity index is 1.14. The van der Waals surface area contributed by atoms with Crippen molar-refractivity contribution in [3.05, 3.63) is 194 Å². The van der Waals surface area contributed by atoms with Crippen molar-refractivity contribution in [2.45, 2.75) is 0 Å². The Labute approximate surface area is 322 Å². The molecule has 8 aromatic carbocycles. The monoisotopic (exact) mass is 716 g/mol. The molecule has 11 rings (SSSR count). The molecule has 0 N–H and O–H groups in total. The largest absolute Gasteiger partial charge is 0.454 e. The van der Waals surface area contributed by atoms with Gasteiger partial charge >= 0.3 is 0 Å². The van der Waals surface area contributed by atoms with Gasteiger partial charge in [-0.1, -0.05) is 152 Å². The number of rotatable bonds is 6. The first kappa shape index (κ1) is 31.9. The van der Waals surface area contributed by atoms with E-state index in [-0.39, 0.29) is 0 Å². The highest BCUT2D eigenvalue weighted by Crippen LogP contribution is 2.42. The smallest absolute Gasteiger partial charge is 0.164 e. The molecule has 5 heteroatoms. The fraction of sp³-hybridized carbons (Fsp3) is 0. The molecule has 0 bridgehead atoms. The van der Waals surface area contributed by atoms with Crippen LogP contribution in [-0.2, 0) is 0 Å². The van der Waals surface area contributed by atoms with Gasteiger partial charge in [-0.3, -0.25) is 0 Å². The maximum Gasteiger partial charge on any atom is 0.164 e. The number of aromatic nitrogens is 4. The van der Waals surface area contributed by atoms with Crippen molar-refractivity contribution >= 4 is 43.7 Å². The Bertz CT molecular complexity index is 3110. The van der Waals surface area contributed by atoms with E-state index in [2.05, 4.69) is 138 Å². The van der Waals surface area contributed by atoms with Gasteiger partial charge in [-0.25, -0.2) is 15.0 Å². The summed E-state index contributed by atoms with van der Waals surface area (Å²) in [6.45, 7) is 0. The van der Waals surface area contributed by atoms with Crippen LogP contribution in [0.4, 0.5) is 0 Å². The SMILES string of the molecule is c1ccc(-c2cc(-c3ccccc3)cc(-n3c4ccccc4c4ccc5c6ccc(-c7nc(-c8ccccc8)nc(-c8ccccc8)n7)cc6oc5c43)c2)cc1. The quantitative estimate of drug-likeness (QED) is 0.172. The highest BCUT2D eigenvalue weighted by atomic mass is 16.3. The normalized spacial score (nSPS) is 11.6. The van der Waals surface area contributed by atoms with E-state index in [1.54, 1.807) is 0 Å². The first-order chi connectivity index (χ1) is 27.7. The molecule has 3 heterocycles. The third-order valence-corrected chi connectivity index (χ3v) is 10.6. The Morgan fingerprint density at radius 1 is 0.339 bits per heavy atom. The fourth-order valence-electron chi connectivity index (χ4n) is 7.96. The molecule has 262 valence electrons. The van der Waals surface area contributed by atoms with Crippen LogP contribution in [0.15, 0.2) is 199 Å². The minimum absolute atomic E-state index is 0.588. The maximum atomic E-state index is 6.99. The lowest BCUT2D eigenvalue weighted by molar-refractivity contribution is 0.671. The number of hydrogen-bond acceptors (Lipinski definition) is 4. The van der Waals surface area contributed by atoms with E-state index >= 15 is 0 Å². The molecule has 5 nitrogen and oxygen atoms in total. The summed E-state index contributed by atoms with van der Waals surface area (Å²) in [5, 5.41) is 4.39. The van der Waals surface area contributed by atoms with Crippen LogP contribution in [0.2, 0.25) is 0 Å². The predicted molar refractivity (Wildman–Crippen MR) is 229 cm³/mol. The molecular formula is C51H32N4O. The van der Waals surface area contributed by atoms with Crippen molar-refractivity contribution in [1.82, 2.24) is 19.5 Å². The minimum Gasteiger partial charge on any atom is -0.454 e. The van der Waals surface area contributed by atoms with Crippen LogP contribution in [0.3, 0.4) is 0 Å². The topological polar surface area (TPSA) is 56.7 Å². The van der Waals surface area contributed by atoms with Gasteiger partial charge in [0.1, 0.15) is 5.58 Å². The number of nitrogens with zero attached hydrogens (tertiary/aromatic N) is 4. The van der Waals surface area contributed by atoms with Crippen LogP contribution < -0.4 is 0 Å². The van der Waals surface area contributed by atoms with Crippen LogP contribution in [0.1, 0.15) is 0 Å². The number of benzene rings is 8. The average Bonchev–Trinajstić information content (AvgIpc) is 3.83. The molecule has 0 saturated carbocycles. The Morgan fingerprint density at radius 3 is 1.41 bits per heavy atom. The van der Waals surface area contributed by atoms with Gasteiger partial charge in [0, 0.05) is 43.9 Å². The average molecular weight is 717 g/mol. The van der Waals surface area contributed by atoms with E-state index in [0.29, 0.717) is 17.5 Å². The molecule has 0 aliphatic rings. The van der Waals surface area contributed by atoms with E-state index in [4.69, 9.17) is 19.4 Å². The second-order valence-corrected chi connectivity index (χ2v) is 14.0. The molecule has 0 fully saturated rings. The third kappa shape index (κ3) is 5.37. The van der Waals surface area contributed by atoms with Crippen LogP contribution in [0, 0.1) is 0 Å². The van der Waals surface area contributed by atoms with Gasteiger partial charge in [-0.05, 0) is 64.7 Å². The van der Waals surface area contributed by atoms with E-state index in [9.17, 15) is 0 Å². The molecule has 0 aliphatic heterocycles. The molecule has 3 aromatic heterocycles. The second-order valence-electron chi connectivity index (χ2n) is 14.0. The molecule has 0 radical (unpaired) electrons. The summed E-state index contributed by atoms with van der Waals surface area (Å²) >= 11 is 0. The standard InChI is InChI=1S/C51H32N4O/c1-5-15-33(16-6-1)38-29-39(34-17-7-2-8-18-34)31-40(30-38)55-45-24-14-13-23-41(45)43-27-28-44-42-26-25-37(32-46(42)56-48(44)47(43)55)51-53-49(35-19-9-3-10-20-35)52-50(54-51)36-21-11-4-12-22-36/h1-32H. The van der Waals surface area contributed by atoms with Gasteiger partial charge in [-0.15, -0.1) is 0 Å².